The smallest absolute Gasteiger partial charge is 0.362 e. The summed E-state index contributed by atoms with van der Waals surface area (Å²) in [6.45, 7) is 1.93. The number of carbonyl (C=O) groups is 1. The molecule has 0 spiro atoms. The van der Waals surface area contributed by atoms with Crippen molar-refractivity contribution in [2.45, 2.75) is 38.1 Å². The number of non-ortho nitro benzene ring substituents is 1. The van der Waals surface area contributed by atoms with E-state index in [0.717, 1.165) is 24.1 Å². The van der Waals surface area contributed by atoms with Crippen LogP contribution >= 0.6 is 0 Å². The molecule has 1 atom stereocenters. The number of hydrogen-bond donors (Lipinski definition) is 1. The van der Waals surface area contributed by atoms with E-state index in [1.54, 1.807) is 24.3 Å². The highest BCUT2D eigenvalue weighted by Crippen LogP contribution is 2.41. The quantitative estimate of drug-likeness (QED) is 0.590. The number of carbonyl (C=O) groups excluding carboxylic acids is 1. The fraction of sp³-hybridized carbons (Fsp3) is 0.300. The molecule has 1 amide bonds. The topological polar surface area (TPSA) is 96.0 Å². The Hall–Kier alpha value is -3.27. The van der Waals surface area contributed by atoms with Crippen molar-refractivity contribution in [2.24, 2.45) is 5.10 Å². The molecular formula is C20H18F3N3O4. The van der Waals surface area contributed by atoms with Crippen LogP contribution in [0.25, 0.3) is 0 Å². The van der Waals surface area contributed by atoms with E-state index < -0.39 is 35.6 Å². The number of rotatable bonds is 5. The molecule has 2 aromatic carbocycles. The maximum Gasteiger partial charge on any atom is 0.438 e. The Balaban J connectivity index is 1.90. The molecule has 2 aromatic rings. The number of aliphatic hydroxyl groups is 1. The maximum absolute atomic E-state index is 13.7. The molecule has 1 aliphatic rings. The number of halogens is 3. The third kappa shape index (κ3) is 4.04. The maximum atomic E-state index is 13.7. The molecule has 158 valence electrons. The predicted molar refractivity (Wildman–Crippen MR) is 102 cm³/mol. The number of nitrogens with zero attached hydrogens (tertiary/aromatic N) is 3. The van der Waals surface area contributed by atoms with Crippen LogP contribution in [-0.2, 0) is 17.6 Å². The number of benzene rings is 2. The summed E-state index contributed by atoms with van der Waals surface area (Å²) in [5.41, 5.74) is -2.13. The van der Waals surface area contributed by atoms with E-state index in [9.17, 15) is 33.2 Å². The van der Waals surface area contributed by atoms with Crippen LogP contribution in [0.4, 0.5) is 18.9 Å². The molecule has 0 saturated carbocycles. The van der Waals surface area contributed by atoms with E-state index in [2.05, 4.69) is 5.10 Å². The van der Waals surface area contributed by atoms with Gasteiger partial charge >= 0.3 is 6.18 Å². The Bertz CT molecular complexity index is 988. The molecule has 1 N–H and O–H groups in total. The Morgan fingerprint density at radius 2 is 1.73 bits per heavy atom. The molecule has 0 aliphatic carbocycles. The highest BCUT2D eigenvalue weighted by Gasteiger charge is 2.63. The molecule has 10 heteroatoms. The van der Waals surface area contributed by atoms with E-state index in [-0.39, 0.29) is 22.0 Å². The van der Waals surface area contributed by atoms with Crippen LogP contribution in [0.1, 0.15) is 30.0 Å². The standard InChI is InChI=1S/C20H18F3N3O4/c1-2-13-3-7-15(8-4-13)17-12-19(28,20(21,22)23)25(24-17)18(27)11-14-5-9-16(10-6-14)26(29)30/h3-10,28H,2,11-12H2,1H3/t19-/m1/s1. The first-order chi connectivity index (χ1) is 14.0. The van der Waals surface area contributed by atoms with Crippen molar-refractivity contribution in [3.05, 3.63) is 75.3 Å². The zero-order valence-electron chi connectivity index (χ0n) is 15.9. The summed E-state index contributed by atoms with van der Waals surface area (Å²) in [4.78, 5) is 22.7. The molecule has 0 bridgehead atoms. The second-order valence-corrected chi connectivity index (χ2v) is 6.89. The summed E-state index contributed by atoms with van der Waals surface area (Å²) in [5, 5.41) is 24.9. The van der Waals surface area contributed by atoms with Gasteiger partial charge in [-0.05, 0) is 23.1 Å². The van der Waals surface area contributed by atoms with Gasteiger partial charge in [-0.2, -0.15) is 23.3 Å². The van der Waals surface area contributed by atoms with Crippen molar-refractivity contribution in [1.29, 1.82) is 0 Å². The van der Waals surface area contributed by atoms with Crippen LogP contribution in [0.15, 0.2) is 53.6 Å². The predicted octanol–water partition coefficient (Wildman–Crippen LogP) is 3.59. The molecule has 0 aromatic heterocycles. The van der Waals surface area contributed by atoms with E-state index in [4.69, 9.17) is 0 Å². The third-order valence-corrected chi connectivity index (χ3v) is 4.87. The average molecular weight is 421 g/mol. The van der Waals surface area contributed by atoms with Gasteiger partial charge in [-0.15, -0.1) is 0 Å². The van der Waals surface area contributed by atoms with E-state index >= 15 is 0 Å². The minimum atomic E-state index is -5.13. The fourth-order valence-electron chi connectivity index (χ4n) is 3.11. The van der Waals surface area contributed by atoms with Gasteiger partial charge in [0.05, 0.1) is 23.5 Å². The van der Waals surface area contributed by atoms with Crippen LogP contribution in [0.3, 0.4) is 0 Å². The number of hydrazone groups is 1. The molecule has 30 heavy (non-hydrogen) atoms. The minimum Gasteiger partial charge on any atom is -0.362 e. The third-order valence-electron chi connectivity index (χ3n) is 4.87. The lowest BCUT2D eigenvalue weighted by Crippen LogP contribution is -2.57. The first-order valence-corrected chi connectivity index (χ1v) is 9.07. The number of alkyl halides is 3. The molecule has 0 unspecified atom stereocenters. The normalized spacial score (nSPS) is 19.0. The average Bonchev–Trinajstić information content (AvgIpc) is 3.07. The molecule has 7 nitrogen and oxygen atoms in total. The van der Waals surface area contributed by atoms with Gasteiger partial charge in [0.25, 0.3) is 11.4 Å². The van der Waals surface area contributed by atoms with Crippen LogP contribution in [-0.4, -0.2) is 38.6 Å². The fourth-order valence-corrected chi connectivity index (χ4v) is 3.11. The molecule has 1 aliphatic heterocycles. The SMILES string of the molecule is CCc1ccc(C2=NN(C(=O)Cc3ccc([N+](=O)[O-])cc3)[C@](O)(C(F)(F)F)C2)cc1. The monoisotopic (exact) mass is 421 g/mol. The second-order valence-electron chi connectivity index (χ2n) is 6.89. The highest BCUT2D eigenvalue weighted by molar-refractivity contribution is 6.03. The van der Waals surface area contributed by atoms with Gasteiger partial charge in [-0.25, -0.2) is 0 Å². The lowest BCUT2D eigenvalue weighted by molar-refractivity contribution is -0.384. The van der Waals surface area contributed by atoms with Gasteiger partial charge in [0, 0.05) is 12.1 Å². The molecule has 3 rings (SSSR count). The van der Waals surface area contributed by atoms with Crippen LogP contribution in [0.2, 0.25) is 0 Å². The molecule has 0 fully saturated rings. The van der Waals surface area contributed by atoms with E-state index in [1.807, 2.05) is 6.92 Å². The van der Waals surface area contributed by atoms with Crippen molar-refractivity contribution >= 4 is 17.3 Å². The first kappa shape index (κ1) is 21.4. The van der Waals surface area contributed by atoms with Crippen molar-refractivity contribution in [3.8, 4) is 0 Å². The molecule has 1 heterocycles. The van der Waals surface area contributed by atoms with Crippen molar-refractivity contribution in [3.63, 3.8) is 0 Å². The van der Waals surface area contributed by atoms with Crippen molar-refractivity contribution in [1.82, 2.24) is 5.01 Å². The summed E-state index contributed by atoms with van der Waals surface area (Å²) in [7, 11) is 0. The number of hydrogen-bond acceptors (Lipinski definition) is 5. The summed E-state index contributed by atoms with van der Waals surface area (Å²) < 4.78 is 41.0. The largest absolute Gasteiger partial charge is 0.438 e. The lowest BCUT2D eigenvalue weighted by Gasteiger charge is -2.32. The number of amides is 1. The van der Waals surface area contributed by atoms with Gasteiger partial charge in [0.1, 0.15) is 0 Å². The molecular weight excluding hydrogens is 403 g/mol. The second kappa shape index (κ2) is 7.86. The van der Waals surface area contributed by atoms with Crippen molar-refractivity contribution in [2.75, 3.05) is 0 Å². The van der Waals surface area contributed by atoms with Crippen LogP contribution in [0, 0.1) is 10.1 Å². The highest BCUT2D eigenvalue weighted by atomic mass is 19.4. The summed E-state index contributed by atoms with van der Waals surface area (Å²) in [6, 6.07) is 11.5. The summed E-state index contributed by atoms with van der Waals surface area (Å²) >= 11 is 0. The van der Waals surface area contributed by atoms with Crippen LogP contribution < -0.4 is 0 Å². The number of nitro groups is 1. The Kier molecular flexibility index (Phi) is 5.62. The molecule has 0 saturated heterocycles. The van der Waals surface area contributed by atoms with Crippen LogP contribution in [0.5, 0.6) is 0 Å². The van der Waals surface area contributed by atoms with E-state index in [1.165, 1.54) is 12.1 Å². The Morgan fingerprint density at radius 1 is 1.17 bits per heavy atom. The van der Waals surface area contributed by atoms with Gasteiger partial charge < -0.3 is 5.11 Å². The zero-order valence-corrected chi connectivity index (χ0v) is 15.9. The van der Waals surface area contributed by atoms with E-state index in [0.29, 0.717) is 5.56 Å². The number of nitro benzene ring substituents is 1. The number of aryl methyl sites for hydroxylation is 1. The Labute approximate surface area is 169 Å². The van der Waals surface area contributed by atoms with Gasteiger partial charge in [-0.3, -0.25) is 14.9 Å². The molecule has 0 radical (unpaired) electrons. The van der Waals surface area contributed by atoms with Gasteiger partial charge in [-0.1, -0.05) is 43.3 Å². The lowest BCUT2D eigenvalue weighted by atomic mass is 9.99. The first-order valence-electron chi connectivity index (χ1n) is 9.07. The van der Waals surface area contributed by atoms with Crippen molar-refractivity contribution < 1.29 is 28.0 Å². The minimum absolute atomic E-state index is 0.0606. The van der Waals surface area contributed by atoms with Gasteiger partial charge in [0.15, 0.2) is 0 Å². The zero-order chi connectivity index (χ0) is 22.1. The Morgan fingerprint density at radius 3 is 2.23 bits per heavy atom. The summed E-state index contributed by atoms with van der Waals surface area (Å²) in [5.74, 6) is -1.08. The summed E-state index contributed by atoms with van der Waals surface area (Å²) in [6.07, 6.45) is -5.79. The van der Waals surface area contributed by atoms with Gasteiger partial charge in [0.2, 0.25) is 5.91 Å².